The standard InChI is InChI=1S/C24H29FN4O/c1-6-17(2)29(24(30)19-13-10-14-20(25)15-19)16-21-22(18-11-8-7-9-12-18)26-28(5)23(21)27(3)4/h7-15,17H,6,16H2,1-5H3. The Labute approximate surface area is 177 Å². The summed E-state index contributed by atoms with van der Waals surface area (Å²) in [6.07, 6.45) is 0.791. The van der Waals surface area contributed by atoms with Crippen LogP contribution in [-0.4, -0.2) is 40.7 Å². The maximum absolute atomic E-state index is 13.8. The predicted octanol–water partition coefficient (Wildman–Crippen LogP) is 4.73. The van der Waals surface area contributed by atoms with Crippen molar-refractivity contribution in [1.29, 1.82) is 0 Å². The highest BCUT2D eigenvalue weighted by Crippen LogP contribution is 2.32. The number of carbonyl (C=O) groups excluding carboxylic acids is 1. The van der Waals surface area contributed by atoms with Gasteiger partial charge in [0.15, 0.2) is 0 Å². The predicted molar refractivity (Wildman–Crippen MR) is 119 cm³/mol. The van der Waals surface area contributed by atoms with Crippen molar-refractivity contribution in [2.24, 2.45) is 7.05 Å². The minimum atomic E-state index is -0.412. The Hall–Kier alpha value is -3.15. The number of halogens is 1. The monoisotopic (exact) mass is 408 g/mol. The average Bonchev–Trinajstić information content (AvgIpc) is 3.07. The van der Waals surface area contributed by atoms with E-state index in [0.29, 0.717) is 12.1 Å². The van der Waals surface area contributed by atoms with Crippen LogP contribution in [0, 0.1) is 5.82 Å². The molecule has 0 spiro atoms. The molecular formula is C24H29FN4O. The molecule has 6 heteroatoms. The quantitative estimate of drug-likeness (QED) is 0.567. The summed E-state index contributed by atoms with van der Waals surface area (Å²) >= 11 is 0. The molecule has 1 unspecified atom stereocenters. The molecule has 5 nitrogen and oxygen atoms in total. The van der Waals surface area contributed by atoms with E-state index >= 15 is 0 Å². The van der Waals surface area contributed by atoms with E-state index in [-0.39, 0.29) is 11.9 Å². The van der Waals surface area contributed by atoms with Crippen LogP contribution in [0.5, 0.6) is 0 Å². The van der Waals surface area contributed by atoms with Crippen LogP contribution in [0.15, 0.2) is 54.6 Å². The fourth-order valence-corrected chi connectivity index (χ4v) is 3.70. The maximum Gasteiger partial charge on any atom is 0.254 e. The number of aromatic nitrogens is 2. The number of benzene rings is 2. The zero-order valence-electron chi connectivity index (χ0n) is 18.3. The third-order valence-corrected chi connectivity index (χ3v) is 5.37. The fourth-order valence-electron chi connectivity index (χ4n) is 3.70. The largest absolute Gasteiger partial charge is 0.363 e. The molecule has 1 amide bonds. The highest BCUT2D eigenvalue weighted by Gasteiger charge is 2.27. The summed E-state index contributed by atoms with van der Waals surface area (Å²) in [5, 5.41) is 4.76. The second-order valence-electron chi connectivity index (χ2n) is 7.74. The molecular weight excluding hydrogens is 379 g/mol. The highest BCUT2D eigenvalue weighted by atomic mass is 19.1. The molecule has 3 rings (SSSR count). The Morgan fingerprint density at radius 1 is 1.13 bits per heavy atom. The van der Waals surface area contributed by atoms with Gasteiger partial charge in [-0.25, -0.2) is 4.39 Å². The summed E-state index contributed by atoms with van der Waals surface area (Å²) in [5.74, 6) is 0.343. The molecule has 1 aromatic heterocycles. The minimum Gasteiger partial charge on any atom is -0.363 e. The van der Waals surface area contributed by atoms with Gasteiger partial charge in [-0.05, 0) is 31.5 Å². The van der Waals surface area contributed by atoms with Crippen molar-refractivity contribution >= 4 is 11.7 Å². The van der Waals surface area contributed by atoms with Gasteiger partial charge in [-0.2, -0.15) is 5.10 Å². The number of anilines is 1. The molecule has 0 saturated heterocycles. The summed E-state index contributed by atoms with van der Waals surface area (Å²) < 4.78 is 15.6. The van der Waals surface area contributed by atoms with Crippen molar-refractivity contribution in [1.82, 2.24) is 14.7 Å². The van der Waals surface area contributed by atoms with Crippen LogP contribution in [0.2, 0.25) is 0 Å². The summed E-state index contributed by atoms with van der Waals surface area (Å²) in [5.41, 5.74) is 3.17. The second kappa shape index (κ2) is 9.11. The fraction of sp³-hybridized carbons (Fsp3) is 0.333. The van der Waals surface area contributed by atoms with E-state index in [2.05, 4.69) is 0 Å². The summed E-state index contributed by atoms with van der Waals surface area (Å²) in [4.78, 5) is 17.2. The van der Waals surface area contributed by atoms with Crippen LogP contribution in [0.1, 0.15) is 36.2 Å². The zero-order valence-corrected chi connectivity index (χ0v) is 18.3. The van der Waals surface area contributed by atoms with Gasteiger partial charge in [0.25, 0.3) is 5.91 Å². The van der Waals surface area contributed by atoms with Crippen LogP contribution < -0.4 is 4.90 Å². The lowest BCUT2D eigenvalue weighted by atomic mass is 10.0. The molecule has 3 aromatic rings. The van der Waals surface area contributed by atoms with Crippen LogP contribution in [-0.2, 0) is 13.6 Å². The van der Waals surface area contributed by atoms with Gasteiger partial charge >= 0.3 is 0 Å². The van der Waals surface area contributed by atoms with Gasteiger partial charge in [0.05, 0.1) is 12.2 Å². The summed E-state index contributed by atoms with van der Waals surface area (Å²) in [6.45, 7) is 4.45. The third-order valence-electron chi connectivity index (χ3n) is 5.37. The topological polar surface area (TPSA) is 41.4 Å². The van der Waals surface area contributed by atoms with Crippen LogP contribution >= 0.6 is 0 Å². The summed E-state index contributed by atoms with van der Waals surface area (Å²) in [7, 11) is 5.85. The third kappa shape index (κ3) is 4.37. The maximum atomic E-state index is 13.8. The molecule has 0 N–H and O–H groups in total. The van der Waals surface area contributed by atoms with Gasteiger partial charge in [-0.15, -0.1) is 0 Å². The molecule has 1 atom stereocenters. The van der Waals surface area contributed by atoms with Crippen molar-refractivity contribution in [3.8, 4) is 11.3 Å². The Morgan fingerprint density at radius 2 is 1.83 bits per heavy atom. The van der Waals surface area contributed by atoms with E-state index < -0.39 is 5.82 Å². The van der Waals surface area contributed by atoms with E-state index in [1.165, 1.54) is 12.1 Å². The van der Waals surface area contributed by atoms with E-state index in [0.717, 1.165) is 29.1 Å². The first kappa shape index (κ1) is 21.6. The lowest BCUT2D eigenvalue weighted by molar-refractivity contribution is 0.0671. The molecule has 0 aliphatic heterocycles. The highest BCUT2D eigenvalue weighted by molar-refractivity contribution is 5.94. The molecule has 0 aliphatic rings. The van der Waals surface area contributed by atoms with Crippen LogP contribution in [0.25, 0.3) is 11.3 Å². The molecule has 0 saturated carbocycles. The van der Waals surface area contributed by atoms with Crippen LogP contribution in [0.4, 0.5) is 10.2 Å². The van der Waals surface area contributed by atoms with E-state index in [1.54, 1.807) is 12.1 Å². The van der Waals surface area contributed by atoms with Crippen LogP contribution in [0.3, 0.4) is 0 Å². The Kier molecular flexibility index (Phi) is 6.55. The van der Waals surface area contributed by atoms with Crippen molar-refractivity contribution in [2.75, 3.05) is 19.0 Å². The summed E-state index contributed by atoms with van der Waals surface area (Å²) in [6, 6.07) is 15.8. The van der Waals surface area contributed by atoms with Crippen molar-refractivity contribution in [2.45, 2.75) is 32.9 Å². The van der Waals surface area contributed by atoms with Gasteiger partial charge in [-0.1, -0.05) is 43.3 Å². The molecule has 1 heterocycles. The normalized spacial score (nSPS) is 11.9. The Bertz CT molecular complexity index is 1010. The number of nitrogens with zero attached hydrogens (tertiary/aromatic N) is 4. The first-order valence-corrected chi connectivity index (χ1v) is 10.2. The first-order chi connectivity index (χ1) is 14.3. The second-order valence-corrected chi connectivity index (χ2v) is 7.74. The van der Waals surface area contributed by atoms with Crippen molar-refractivity contribution in [3.63, 3.8) is 0 Å². The average molecular weight is 409 g/mol. The number of carbonyl (C=O) groups is 1. The Morgan fingerprint density at radius 3 is 2.43 bits per heavy atom. The van der Waals surface area contributed by atoms with Gasteiger partial charge < -0.3 is 9.80 Å². The molecule has 0 radical (unpaired) electrons. The smallest absolute Gasteiger partial charge is 0.254 e. The zero-order chi connectivity index (χ0) is 21.8. The number of hydrogen-bond acceptors (Lipinski definition) is 3. The molecule has 0 bridgehead atoms. The van der Waals surface area contributed by atoms with E-state index in [9.17, 15) is 9.18 Å². The molecule has 0 fully saturated rings. The SMILES string of the molecule is CCC(C)N(Cc1c(-c2ccccc2)nn(C)c1N(C)C)C(=O)c1cccc(F)c1. The van der Waals surface area contributed by atoms with Gasteiger partial charge in [0.2, 0.25) is 0 Å². The van der Waals surface area contributed by atoms with Crippen molar-refractivity contribution < 1.29 is 9.18 Å². The van der Waals surface area contributed by atoms with Gasteiger partial charge in [-0.3, -0.25) is 9.48 Å². The van der Waals surface area contributed by atoms with Gasteiger partial charge in [0, 0.05) is 43.9 Å². The van der Waals surface area contributed by atoms with Crippen molar-refractivity contribution in [3.05, 3.63) is 71.5 Å². The van der Waals surface area contributed by atoms with E-state index in [4.69, 9.17) is 5.10 Å². The number of rotatable bonds is 7. The van der Waals surface area contributed by atoms with Gasteiger partial charge in [0.1, 0.15) is 11.6 Å². The minimum absolute atomic E-state index is 0.0143. The lowest BCUT2D eigenvalue weighted by Gasteiger charge is -2.30. The number of hydrogen-bond donors (Lipinski definition) is 0. The number of aryl methyl sites for hydroxylation is 1. The number of amides is 1. The molecule has 2 aromatic carbocycles. The molecule has 0 aliphatic carbocycles. The lowest BCUT2D eigenvalue weighted by Crippen LogP contribution is -2.38. The molecule has 30 heavy (non-hydrogen) atoms. The molecule has 158 valence electrons. The first-order valence-electron chi connectivity index (χ1n) is 10.2. The Balaban J connectivity index is 2.09. The van der Waals surface area contributed by atoms with E-state index in [1.807, 2.05) is 79.8 Å².